The number of nitrogens with one attached hydrogen (secondary N) is 1. The number of nitro benzene ring substituents is 1. The number of hydrogen-bond donors (Lipinski definition) is 1. The van der Waals surface area contributed by atoms with E-state index in [0.29, 0.717) is 18.1 Å². The zero-order valence-electron chi connectivity index (χ0n) is 21.5. The number of benzene rings is 2. The van der Waals surface area contributed by atoms with Crippen LogP contribution in [0.1, 0.15) is 11.5 Å². The van der Waals surface area contributed by atoms with Gasteiger partial charge >= 0.3 is 0 Å². The maximum atomic E-state index is 12.4. The van der Waals surface area contributed by atoms with E-state index in [1.807, 2.05) is 12.1 Å². The SMILES string of the molecule is COc1cccc(N2CCN(Cc3cn(CC(=O)NCc4ccc(-c5ccc([N+](=O)[O-])cc5)o4)nn3)CC2)c1. The van der Waals surface area contributed by atoms with Gasteiger partial charge in [0.05, 0.1) is 30.5 Å². The lowest BCUT2D eigenvalue weighted by Crippen LogP contribution is -2.46. The van der Waals surface area contributed by atoms with Crippen molar-refractivity contribution in [1.82, 2.24) is 25.2 Å². The van der Waals surface area contributed by atoms with Gasteiger partial charge in [0.15, 0.2) is 0 Å². The molecule has 12 nitrogen and oxygen atoms in total. The van der Waals surface area contributed by atoms with Crippen LogP contribution < -0.4 is 15.0 Å². The third-order valence-corrected chi connectivity index (χ3v) is 6.55. The van der Waals surface area contributed by atoms with Gasteiger partial charge in [0, 0.05) is 62.2 Å². The van der Waals surface area contributed by atoms with Crippen LogP contribution >= 0.6 is 0 Å². The summed E-state index contributed by atoms with van der Waals surface area (Å²) in [6, 6.07) is 17.7. The van der Waals surface area contributed by atoms with Crippen molar-refractivity contribution in [2.24, 2.45) is 0 Å². The molecular formula is C27H29N7O5. The van der Waals surface area contributed by atoms with E-state index in [2.05, 4.69) is 37.6 Å². The van der Waals surface area contributed by atoms with E-state index >= 15 is 0 Å². The van der Waals surface area contributed by atoms with Crippen LogP contribution in [0.15, 0.2) is 71.3 Å². The predicted octanol–water partition coefficient (Wildman–Crippen LogP) is 3.09. The molecule has 1 fully saturated rings. The molecule has 0 bridgehead atoms. The number of hydrogen-bond acceptors (Lipinski definition) is 9. The summed E-state index contributed by atoms with van der Waals surface area (Å²) in [5.74, 6) is 1.78. The molecule has 3 heterocycles. The zero-order valence-corrected chi connectivity index (χ0v) is 21.5. The Morgan fingerprint density at radius 1 is 1.10 bits per heavy atom. The first-order valence-corrected chi connectivity index (χ1v) is 12.6. The lowest BCUT2D eigenvalue weighted by Gasteiger charge is -2.35. The van der Waals surface area contributed by atoms with Gasteiger partial charge in [0.1, 0.15) is 23.8 Å². The monoisotopic (exact) mass is 531 g/mol. The average molecular weight is 532 g/mol. The molecule has 0 radical (unpaired) electrons. The third kappa shape index (κ3) is 6.60. The van der Waals surface area contributed by atoms with E-state index < -0.39 is 4.92 Å². The largest absolute Gasteiger partial charge is 0.497 e. The molecule has 39 heavy (non-hydrogen) atoms. The molecule has 1 amide bonds. The van der Waals surface area contributed by atoms with E-state index in [9.17, 15) is 14.9 Å². The number of nitrogens with zero attached hydrogens (tertiary/aromatic N) is 6. The molecule has 12 heteroatoms. The van der Waals surface area contributed by atoms with Crippen molar-refractivity contribution in [2.75, 3.05) is 38.2 Å². The highest BCUT2D eigenvalue weighted by Crippen LogP contribution is 2.25. The van der Waals surface area contributed by atoms with Gasteiger partial charge in [-0.3, -0.25) is 19.8 Å². The second kappa shape index (κ2) is 11.8. The van der Waals surface area contributed by atoms with E-state index in [0.717, 1.165) is 48.9 Å². The lowest BCUT2D eigenvalue weighted by atomic mass is 10.1. The first-order chi connectivity index (χ1) is 19.0. The van der Waals surface area contributed by atoms with Crippen LogP contribution in [0.2, 0.25) is 0 Å². The maximum absolute atomic E-state index is 12.4. The van der Waals surface area contributed by atoms with Gasteiger partial charge in [-0.2, -0.15) is 0 Å². The van der Waals surface area contributed by atoms with Crippen molar-refractivity contribution < 1.29 is 18.9 Å². The van der Waals surface area contributed by atoms with E-state index in [1.54, 1.807) is 37.6 Å². The summed E-state index contributed by atoms with van der Waals surface area (Å²) in [6.45, 7) is 4.54. The topological polar surface area (TPSA) is 132 Å². The smallest absolute Gasteiger partial charge is 0.269 e. The number of ether oxygens (including phenoxy) is 1. The summed E-state index contributed by atoms with van der Waals surface area (Å²) in [5.41, 5.74) is 2.70. The molecule has 4 aromatic rings. The highest BCUT2D eigenvalue weighted by molar-refractivity contribution is 5.75. The molecule has 1 saturated heterocycles. The molecule has 0 aliphatic carbocycles. The summed E-state index contributed by atoms with van der Waals surface area (Å²) in [7, 11) is 1.67. The maximum Gasteiger partial charge on any atom is 0.269 e. The molecular weight excluding hydrogens is 502 g/mol. The Kier molecular flexibility index (Phi) is 7.83. The molecule has 2 aromatic heterocycles. The Morgan fingerprint density at radius 3 is 2.64 bits per heavy atom. The Labute approximate surface area is 224 Å². The van der Waals surface area contributed by atoms with Crippen molar-refractivity contribution in [1.29, 1.82) is 0 Å². The third-order valence-electron chi connectivity index (χ3n) is 6.55. The van der Waals surface area contributed by atoms with Gasteiger partial charge in [-0.15, -0.1) is 5.10 Å². The summed E-state index contributed by atoms with van der Waals surface area (Å²) < 4.78 is 12.6. The second-order valence-electron chi connectivity index (χ2n) is 9.22. The molecule has 0 atom stereocenters. The fourth-order valence-corrected chi connectivity index (χ4v) is 4.45. The van der Waals surface area contributed by atoms with E-state index in [1.165, 1.54) is 16.8 Å². The van der Waals surface area contributed by atoms with Crippen molar-refractivity contribution >= 4 is 17.3 Å². The van der Waals surface area contributed by atoms with Gasteiger partial charge in [0.2, 0.25) is 5.91 Å². The Balaban J connectivity index is 1.06. The number of carbonyl (C=O) groups excluding carboxylic acids is 1. The van der Waals surface area contributed by atoms with E-state index in [-0.39, 0.29) is 24.7 Å². The average Bonchev–Trinajstić information content (AvgIpc) is 3.62. The number of piperazine rings is 1. The highest BCUT2D eigenvalue weighted by Gasteiger charge is 2.19. The van der Waals surface area contributed by atoms with Crippen molar-refractivity contribution in [3.63, 3.8) is 0 Å². The predicted molar refractivity (Wildman–Crippen MR) is 143 cm³/mol. The number of anilines is 1. The molecule has 202 valence electrons. The van der Waals surface area contributed by atoms with Crippen LogP contribution in [0.3, 0.4) is 0 Å². The molecule has 0 saturated carbocycles. The normalized spacial score (nSPS) is 13.8. The van der Waals surface area contributed by atoms with Crippen molar-refractivity contribution in [3.05, 3.63) is 88.4 Å². The van der Waals surface area contributed by atoms with Gasteiger partial charge in [0.25, 0.3) is 5.69 Å². The Morgan fingerprint density at radius 2 is 1.90 bits per heavy atom. The van der Waals surface area contributed by atoms with Crippen LogP contribution in [0.25, 0.3) is 11.3 Å². The fraction of sp³-hybridized carbons (Fsp3) is 0.296. The van der Waals surface area contributed by atoms with E-state index in [4.69, 9.17) is 9.15 Å². The Hall–Kier alpha value is -4.71. The Bertz CT molecular complexity index is 1420. The first-order valence-electron chi connectivity index (χ1n) is 12.6. The summed E-state index contributed by atoms with van der Waals surface area (Å²) in [5, 5.41) is 22.0. The van der Waals surface area contributed by atoms with Crippen LogP contribution in [0.4, 0.5) is 11.4 Å². The quantitative estimate of drug-likeness (QED) is 0.242. The van der Waals surface area contributed by atoms with Crippen LogP contribution in [-0.2, 0) is 24.4 Å². The molecule has 0 spiro atoms. The van der Waals surface area contributed by atoms with Crippen molar-refractivity contribution in [2.45, 2.75) is 19.6 Å². The minimum absolute atomic E-state index is 0.0149. The number of aromatic nitrogens is 3. The summed E-state index contributed by atoms with van der Waals surface area (Å²) in [4.78, 5) is 27.5. The van der Waals surface area contributed by atoms with Gasteiger partial charge < -0.3 is 19.4 Å². The number of carbonyl (C=O) groups is 1. The molecule has 1 aliphatic rings. The lowest BCUT2D eigenvalue weighted by molar-refractivity contribution is -0.384. The van der Waals surface area contributed by atoms with Gasteiger partial charge in [-0.05, 0) is 36.4 Å². The highest BCUT2D eigenvalue weighted by atomic mass is 16.6. The number of nitro groups is 1. The second-order valence-corrected chi connectivity index (χ2v) is 9.22. The first kappa shape index (κ1) is 25.9. The zero-order chi connectivity index (χ0) is 27.2. The number of non-ortho nitro benzene ring substituents is 1. The molecule has 1 N–H and O–H groups in total. The van der Waals surface area contributed by atoms with Gasteiger partial charge in [-0.25, -0.2) is 4.68 Å². The summed E-state index contributed by atoms with van der Waals surface area (Å²) in [6.07, 6.45) is 1.80. The fourth-order valence-electron chi connectivity index (χ4n) is 4.45. The number of methoxy groups -OCH3 is 1. The number of furan rings is 1. The van der Waals surface area contributed by atoms with Crippen LogP contribution in [-0.4, -0.2) is 64.0 Å². The standard InChI is InChI=1S/C27H29N7O5/c1-38-24-4-2-3-23(15-24)32-13-11-31(12-14-32)17-21-18-33(30-29-21)19-27(35)28-16-25-9-10-26(39-25)20-5-7-22(8-6-20)34(36)37/h2-10,15,18H,11-14,16-17,19H2,1H3,(H,28,35). The number of rotatable bonds is 10. The molecule has 2 aromatic carbocycles. The minimum atomic E-state index is -0.448. The molecule has 0 unspecified atom stereocenters. The van der Waals surface area contributed by atoms with Crippen LogP contribution in [0, 0.1) is 10.1 Å². The minimum Gasteiger partial charge on any atom is -0.497 e. The van der Waals surface area contributed by atoms with Crippen LogP contribution in [0.5, 0.6) is 5.75 Å². The van der Waals surface area contributed by atoms with Crippen molar-refractivity contribution in [3.8, 4) is 17.1 Å². The van der Waals surface area contributed by atoms with Gasteiger partial charge in [-0.1, -0.05) is 11.3 Å². The number of amides is 1. The summed E-state index contributed by atoms with van der Waals surface area (Å²) >= 11 is 0. The molecule has 5 rings (SSSR count). The molecule has 1 aliphatic heterocycles.